The predicted octanol–water partition coefficient (Wildman–Crippen LogP) is 1.94. The number of hydrogen-bond donors (Lipinski definition) is 2. The largest absolute Gasteiger partial charge is 0.351 e. The molecule has 0 bridgehead atoms. The Morgan fingerprint density at radius 2 is 2.15 bits per heavy atom. The number of likely N-dealkylation sites (N-methyl/N-ethyl adjacent to an activating group) is 1. The molecule has 0 aromatic heterocycles. The number of rotatable bonds is 4. The lowest BCUT2D eigenvalue weighted by molar-refractivity contribution is -0.122. The molecule has 1 aromatic carbocycles. The molecule has 1 aromatic rings. The summed E-state index contributed by atoms with van der Waals surface area (Å²) in [6, 6.07) is 8.06. The van der Waals surface area contributed by atoms with E-state index in [1.807, 2.05) is 31.2 Å². The van der Waals surface area contributed by atoms with Gasteiger partial charge in [-0.15, -0.1) is 0 Å². The van der Waals surface area contributed by atoms with Crippen LogP contribution in [0.15, 0.2) is 24.3 Å². The lowest BCUT2D eigenvalue weighted by atomic mass is 10.00. The zero-order valence-electron chi connectivity index (χ0n) is 12.0. The van der Waals surface area contributed by atoms with Gasteiger partial charge in [0.1, 0.15) is 0 Å². The van der Waals surface area contributed by atoms with Gasteiger partial charge >= 0.3 is 0 Å². The van der Waals surface area contributed by atoms with Crippen molar-refractivity contribution in [1.29, 1.82) is 0 Å². The van der Waals surface area contributed by atoms with Gasteiger partial charge in [0.2, 0.25) is 5.91 Å². The summed E-state index contributed by atoms with van der Waals surface area (Å²) in [5.74, 6) is 0.0271. The Kier molecular flexibility index (Phi) is 5.02. The molecule has 1 fully saturated rings. The topological polar surface area (TPSA) is 58.4 Å². The van der Waals surface area contributed by atoms with Gasteiger partial charge < -0.3 is 11.1 Å². The molecule has 0 spiro atoms. The van der Waals surface area contributed by atoms with Crippen LogP contribution < -0.4 is 11.1 Å². The van der Waals surface area contributed by atoms with E-state index in [1.165, 1.54) is 5.56 Å². The molecular formula is C15H22ClN3O. The molecule has 1 heterocycles. The summed E-state index contributed by atoms with van der Waals surface area (Å²) < 4.78 is 0. The molecule has 3 atom stereocenters. The molecule has 20 heavy (non-hydrogen) atoms. The van der Waals surface area contributed by atoms with E-state index >= 15 is 0 Å². The summed E-state index contributed by atoms with van der Waals surface area (Å²) in [4.78, 5) is 14.2. The molecular weight excluding hydrogens is 274 g/mol. The summed E-state index contributed by atoms with van der Waals surface area (Å²) in [5.41, 5.74) is 6.85. The van der Waals surface area contributed by atoms with E-state index < -0.39 is 0 Å². The Hall–Kier alpha value is -1.10. The maximum absolute atomic E-state index is 11.9. The predicted molar refractivity (Wildman–Crippen MR) is 81.6 cm³/mol. The van der Waals surface area contributed by atoms with Gasteiger partial charge in [0, 0.05) is 30.1 Å². The number of hydrogen-bond acceptors (Lipinski definition) is 3. The van der Waals surface area contributed by atoms with E-state index in [2.05, 4.69) is 17.3 Å². The van der Waals surface area contributed by atoms with E-state index in [1.54, 1.807) is 0 Å². The highest BCUT2D eigenvalue weighted by molar-refractivity contribution is 6.30. The number of halogens is 1. The third-order valence-electron chi connectivity index (χ3n) is 3.71. The first kappa shape index (κ1) is 15.3. The van der Waals surface area contributed by atoms with Crippen molar-refractivity contribution >= 4 is 17.5 Å². The van der Waals surface area contributed by atoms with E-state index in [9.17, 15) is 4.79 Å². The molecule has 2 rings (SSSR count). The minimum Gasteiger partial charge on any atom is -0.351 e. The van der Waals surface area contributed by atoms with Crippen molar-refractivity contribution in [2.24, 2.45) is 5.73 Å². The third kappa shape index (κ3) is 3.72. The highest BCUT2D eigenvalue weighted by Gasteiger charge is 2.33. The first-order chi connectivity index (χ1) is 9.47. The summed E-state index contributed by atoms with van der Waals surface area (Å²) in [6.45, 7) is 2.81. The molecule has 4 nitrogen and oxygen atoms in total. The van der Waals surface area contributed by atoms with E-state index in [-0.39, 0.29) is 24.0 Å². The maximum atomic E-state index is 11.9. The molecule has 0 radical (unpaired) electrons. The third-order valence-corrected chi connectivity index (χ3v) is 3.97. The maximum Gasteiger partial charge on any atom is 0.221 e. The van der Waals surface area contributed by atoms with Crippen LogP contribution in [0.4, 0.5) is 0 Å². The lowest BCUT2D eigenvalue weighted by Crippen LogP contribution is -2.40. The number of carbonyl (C=O) groups is 1. The molecule has 1 aliphatic rings. The fraction of sp³-hybridized carbons (Fsp3) is 0.533. The van der Waals surface area contributed by atoms with Gasteiger partial charge in [-0.3, -0.25) is 9.69 Å². The van der Waals surface area contributed by atoms with Crippen LogP contribution in [0.2, 0.25) is 5.02 Å². The van der Waals surface area contributed by atoms with E-state index in [4.69, 9.17) is 17.3 Å². The highest BCUT2D eigenvalue weighted by atomic mass is 35.5. The molecule has 3 N–H and O–H groups in total. The van der Waals surface area contributed by atoms with Gasteiger partial charge in [-0.1, -0.05) is 23.7 Å². The van der Waals surface area contributed by atoms with Crippen molar-refractivity contribution in [2.45, 2.75) is 37.9 Å². The zero-order chi connectivity index (χ0) is 14.7. The monoisotopic (exact) mass is 295 g/mol. The van der Waals surface area contributed by atoms with Crippen LogP contribution >= 0.6 is 11.6 Å². The average molecular weight is 296 g/mol. The number of nitrogens with two attached hydrogens (primary N) is 1. The Bertz CT molecular complexity index is 461. The minimum absolute atomic E-state index is 0.0271. The second kappa shape index (κ2) is 6.57. The van der Waals surface area contributed by atoms with Crippen molar-refractivity contribution in [1.82, 2.24) is 10.2 Å². The van der Waals surface area contributed by atoms with Crippen molar-refractivity contribution in [3.63, 3.8) is 0 Å². The van der Waals surface area contributed by atoms with Crippen LogP contribution in [0.5, 0.6) is 0 Å². The normalized spacial score (nSPS) is 24.6. The molecule has 0 saturated carbocycles. The molecule has 1 amide bonds. The molecule has 1 saturated heterocycles. The van der Waals surface area contributed by atoms with Gasteiger partial charge in [0.05, 0.1) is 6.04 Å². The summed E-state index contributed by atoms with van der Waals surface area (Å²) in [5, 5.41) is 3.84. The van der Waals surface area contributed by atoms with Crippen LogP contribution in [0.3, 0.4) is 0 Å². The Labute approximate surface area is 125 Å². The van der Waals surface area contributed by atoms with Gasteiger partial charge in [-0.05, 0) is 38.1 Å². The highest BCUT2D eigenvalue weighted by Crippen LogP contribution is 2.31. The number of benzene rings is 1. The Morgan fingerprint density at radius 1 is 1.50 bits per heavy atom. The van der Waals surface area contributed by atoms with Gasteiger partial charge in [-0.2, -0.15) is 0 Å². The first-order valence-electron chi connectivity index (χ1n) is 6.98. The van der Waals surface area contributed by atoms with E-state index in [0.29, 0.717) is 6.42 Å². The fourth-order valence-electron chi connectivity index (χ4n) is 2.80. The lowest BCUT2D eigenvalue weighted by Gasteiger charge is -2.26. The molecule has 110 valence electrons. The number of nitrogens with zero attached hydrogens (tertiary/aromatic N) is 1. The SMILES string of the molecule is CC(N)CC(=O)NC1CCN(C)C1c1ccc(Cl)cc1. The second-order valence-corrected chi connectivity index (χ2v) is 6.06. The average Bonchev–Trinajstić information content (AvgIpc) is 2.71. The van der Waals surface area contributed by atoms with Crippen LogP contribution in [0, 0.1) is 0 Å². The van der Waals surface area contributed by atoms with Crippen LogP contribution in [-0.4, -0.2) is 36.5 Å². The minimum atomic E-state index is -0.108. The summed E-state index contributed by atoms with van der Waals surface area (Å²) in [6.07, 6.45) is 1.32. The number of nitrogens with one attached hydrogen (secondary N) is 1. The smallest absolute Gasteiger partial charge is 0.221 e. The fourth-order valence-corrected chi connectivity index (χ4v) is 2.93. The number of carbonyl (C=O) groups excluding carboxylic acids is 1. The molecule has 0 aliphatic carbocycles. The van der Waals surface area contributed by atoms with Gasteiger partial charge in [0.15, 0.2) is 0 Å². The second-order valence-electron chi connectivity index (χ2n) is 5.62. The molecule has 5 heteroatoms. The first-order valence-corrected chi connectivity index (χ1v) is 7.36. The quantitative estimate of drug-likeness (QED) is 0.892. The molecule has 1 aliphatic heterocycles. The van der Waals surface area contributed by atoms with Crippen LogP contribution in [0.25, 0.3) is 0 Å². The number of amides is 1. The standard InChI is InChI=1S/C15H22ClN3O/c1-10(17)9-14(20)18-13-7-8-19(2)15(13)11-3-5-12(16)6-4-11/h3-6,10,13,15H,7-9,17H2,1-2H3,(H,18,20). The van der Waals surface area contributed by atoms with Crippen molar-refractivity contribution in [3.05, 3.63) is 34.9 Å². The van der Waals surface area contributed by atoms with E-state index in [0.717, 1.165) is 18.0 Å². The van der Waals surface area contributed by atoms with Crippen molar-refractivity contribution < 1.29 is 4.79 Å². The Morgan fingerprint density at radius 3 is 2.75 bits per heavy atom. The molecule has 3 unspecified atom stereocenters. The van der Waals surface area contributed by atoms with Crippen molar-refractivity contribution in [3.8, 4) is 0 Å². The summed E-state index contributed by atoms with van der Waals surface area (Å²) >= 11 is 5.94. The summed E-state index contributed by atoms with van der Waals surface area (Å²) in [7, 11) is 2.08. The Balaban J connectivity index is 2.08. The van der Waals surface area contributed by atoms with Crippen LogP contribution in [0.1, 0.15) is 31.4 Å². The van der Waals surface area contributed by atoms with Crippen molar-refractivity contribution in [2.75, 3.05) is 13.6 Å². The zero-order valence-corrected chi connectivity index (χ0v) is 12.7. The number of likely N-dealkylation sites (tertiary alicyclic amines) is 1. The van der Waals surface area contributed by atoms with Crippen LogP contribution in [-0.2, 0) is 4.79 Å². The van der Waals surface area contributed by atoms with Gasteiger partial charge in [0.25, 0.3) is 0 Å². The van der Waals surface area contributed by atoms with Gasteiger partial charge in [-0.25, -0.2) is 0 Å².